The summed E-state index contributed by atoms with van der Waals surface area (Å²) in [5.74, 6) is 0.168. The van der Waals surface area contributed by atoms with E-state index in [4.69, 9.17) is 10.5 Å². The van der Waals surface area contributed by atoms with Crippen molar-refractivity contribution in [3.63, 3.8) is 0 Å². The van der Waals surface area contributed by atoms with E-state index in [9.17, 15) is 4.79 Å². The summed E-state index contributed by atoms with van der Waals surface area (Å²) in [7, 11) is 2.01. The number of aryl methyl sites for hydroxylation is 1. The van der Waals surface area contributed by atoms with Gasteiger partial charge in [0, 0.05) is 30.6 Å². The van der Waals surface area contributed by atoms with Crippen molar-refractivity contribution in [3.05, 3.63) is 36.0 Å². The number of nitrogens with zero attached hydrogens (tertiary/aromatic N) is 1. The van der Waals surface area contributed by atoms with Crippen molar-refractivity contribution in [1.29, 1.82) is 0 Å². The number of halogens is 1. The lowest BCUT2D eigenvalue weighted by Gasteiger charge is -2.22. The van der Waals surface area contributed by atoms with Crippen LogP contribution in [0.25, 0.3) is 10.9 Å². The van der Waals surface area contributed by atoms with Gasteiger partial charge in [0.05, 0.1) is 6.61 Å². The first-order chi connectivity index (χ1) is 11.1. The summed E-state index contributed by atoms with van der Waals surface area (Å²) in [6, 6.07) is 7.55. The highest BCUT2D eigenvalue weighted by atomic mass is 35.5. The lowest BCUT2D eigenvalue weighted by molar-refractivity contribution is -0.146. The molecule has 3 rings (SSSR count). The molecule has 1 saturated heterocycles. The molecule has 1 aromatic carbocycles. The number of nitrogens with two attached hydrogens (primary N) is 1. The number of benzene rings is 1. The molecule has 2 heterocycles. The Labute approximate surface area is 148 Å². The molecule has 3 N–H and O–H groups in total. The molecule has 5 nitrogen and oxygen atoms in total. The van der Waals surface area contributed by atoms with E-state index in [2.05, 4.69) is 22.0 Å². The van der Waals surface area contributed by atoms with Gasteiger partial charge in [-0.2, -0.15) is 0 Å². The van der Waals surface area contributed by atoms with Gasteiger partial charge in [-0.05, 0) is 43.5 Å². The van der Waals surface area contributed by atoms with Gasteiger partial charge in [-0.1, -0.05) is 18.2 Å². The van der Waals surface area contributed by atoms with Crippen molar-refractivity contribution in [3.8, 4) is 0 Å². The number of nitrogens with one attached hydrogen (secondary N) is 1. The fraction of sp³-hybridized carbons (Fsp3) is 0.500. The maximum atomic E-state index is 12.2. The maximum Gasteiger partial charge on any atom is 0.323 e. The molecule has 0 bridgehead atoms. The summed E-state index contributed by atoms with van der Waals surface area (Å²) in [5.41, 5.74) is 8.31. The van der Waals surface area contributed by atoms with Gasteiger partial charge in [0.1, 0.15) is 6.04 Å². The summed E-state index contributed by atoms with van der Waals surface area (Å²) < 4.78 is 7.50. The third-order valence-electron chi connectivity index (χ3n) is 4.64. The average Bonchev–Trinajstić information content (AvgIpc) is 2.90. The zero-order valence-corrected chi connectivity index (χ0v) is 14.8. The summed E-state index contributed by atoms with van der Waals surface area (Å²) >= 11 is 0. The minimum absolute atomic E-state index is 0. The largest absolute Gasteiger partial charge is 0.464 e. The van der Waals surface area contributed by atoms with Crippen molar-refractivity contribution in [2.24, 2.45) is 18.7 Å². The molecule has 1 fully saturated rings. The highest BCUT2D eigenvalue weighted by Crippen LogP contribution is 2.21. The van der Waals surface area contributed by atoms with Crippen LogP contribution < -0.4 is 11.1 Å². The van der Waals surface area contributed by atoms with Crippen molar-refractivity contribution < 1.29 is 9.53 Å². The SMILES string of the molecule is Cl.Cn1cc(C[C@@H](N)C(=O)OCC2CCNCC2)c2ccccc21. The molecule has 0 radical (unpaired) electrons. The Kier molecular flexibility index (Phi) is 6.66. The Hall–Kier alpha value is -1.56. The van der Waals surface area contributed by atoms with Crippen LogP contribution in [0.1, 0.15) is 18.4 Å². The van der Waals surface area contributed by atoms with Crippen LogP contribution >= 0.6 is 12.4 Å². The number of aromatic nitrogens is 1. The zero-order chi connectivity index (χ0) is 16.2. The Morgan fingerprint density at radius 1 is 1.38 bits per heavy atom. The Balaban J connectivity index is 0.00000208. The molecule has 0 amide bonds. The molecule has 1 aromatic heterocycles. The summed E-state index contributed by atoms with van der Waals surface area (Å²) in [5, 5.41) is 4.46. The van der Waals surface area contributed by atoms with Crippen LogP contribution in [-0.4, -0.2) is 36.3 Å². The Bertz CT molecular complexity index is 680. The molecule has 132 valence electrons. The van der Waals surface area contributed by atoms with Crippen molar-refractivity contribution in [2.75, 3.05) is 19.7 Å². The highest BCUT2D eigenvalue weighted by molar-refractivity contribution is 5.85. The lowest BCUT2D eigenvalue weighted by atomic mass is 9.99. The number of carbonyl (C=O) groups excluding carboxylic acids is 1. The third-order valence-corrected chi connectivity index (χ3v) is 4.64. The number of rotatable bonds is 5. The van der Waals surface area contributed by atoms with E-state index in [-0.39, 0.29) is 18.4 Å². The number of hydrogen-bond acceptors (Lipinski definition) is 4. The van der Waals surface area contributed by atoms with E-state index in [0.29, 0.717) is 18.9 Å². The van der Waals surface area contributed by atoms with Gasteiger partial charge < -0.3 is 20.4 Å². The number of esters is 1. The molecule has 0 aliphatic carbocycles. The third kappa shape index (κ3) is 4.29. The molecule has 0 spiro atoms. The normalized spacial score (nSPS) is 16.6. The van der Waals surface area contributed by atoms with Crippen LogP contribution in [0, 0.1) is 5.92 Å². The summed E-state index contributed by atoms with van der Waals surface area (Å²) in [6.45, 7) is 2.50. The minimum atomic E-state index is -0.609. The smallest absolute Gasteiger partial charge is 0.323 e. The molecular weight excluding hydrogens is 326 g/mol. The van der Waals surface area contributed by atoms with E-state index < -0.39 is 6.04 Å². The zero-order valence-electron chi connectivity index (χ0n) is 14.0. The van der Waals surface area contributed by atoms with E-state index >= 15 is 0 Å². The Morgan fingerprint density at radius 2 is 2.08 bits per heavy atom. The molecule has 0 unspecified atom stereocenters. The van der Waals surface area contributed by atoms with Gasteiger partial charge in [0.25, 0.3) is 0 Å². The molecule has 1 aliphatic heterocycles. The number of hydrogen-bond donors (Lipinski definition) is 2. The maximum absolute atomic E-state index is 12.2. The van der Waals surface area contributed by atoms with E-state index in [1.807, 2.05) is 25.4 Å². The van der Waals surface area contributed by atoms with Crippen LogP contribution in [0.15, 0.2) is 30.5 Å². The molecular formula is C18H26ClN3O2. The topological polar surface area (TPSA) is 69.3 Å². The number of para-hydroxylation sites is 1. The van der Waals surface area contributed by atoms with E-state index in [1.54, 1.807) is 0 Å². The predicted octanol–water partition coefficient (Wildman–Crippen LogP) is 2.01. The lowest BCUT2D eigenvalue weighted by Crippen LogP contribution is -2.36. The van der Waals surface area contributed by atoms with Crippen LogP contribution in [-0.2, 0) is 23.0 Å². The second kappa shape index (κ2) is 8.51. The second-order valence-corrected chi connectivity index (χ2v) is 6.42. The van der Waals surface area contributed by atoms with Crippen LogP contribution in [0.5, 0.6) is 0 Å². The standard InChI is InChI=1S/C18H25N3O2.ClH/c1-21-11-14(15-4-2-3-5-17(15)21)10-16(19)18(22)23-12-13-6-8-20-9-7-13;/h2-5,11,13,16,20H,6-10,12,19H2,1H3;1H/t16-;/m1./s1. The minimum Gasteiger partial charge on any atom is -0.464 e. The first kappa shape index (κ1) is 18.8. The molecule has 6 heteroatoms. The molecule has 1 atom stereocenters. The van der Waals surface area contributed by atoms with Crippen molar-refractivity contribution in [1.82, 2.24) is 9.88 Å². The van der Waals surface area contributed by atoms with Gasteiger partial charge in [0.2, 0.25) is 0 Å². The number of fused-ring (bicyclic) bond motifs is 1. The van der Waals surface area contributed by atoms with Gasteiger partial charge in [0.15, 0.2) is 0 Å². The summed E-state index contributed by atoms with van der Waals surface area (Å²) in [6.07, 6.45) is 4.68. The highest BCUT2D eigenvalue weighted by Gasteiger charge is 2.21. The van der Waals surface area contributed by atoms with Gasteiger partial charge in [-0.3, -0.25) is 4.79 Å². The predicted molar refractivity (Wildman–Crippen MR) is 98.4 cm³/mol. The van der Waals surface area contributed by atoms with Crippen LogP contribution in [0.2, 0.25) is 0 Å². The van der Waals surface area contributed by atoms with Crippen LogP contribution in [0.3, 0.4) is 0 Å². The van der Waals surface area contributed by atoms with Crippen LogP contribution in [0.4, 0.5) is 0 Å². The monoisotopic (exact) mass is 351 g/mol. The van der Waals surface area contributed by atoms with E-state index in [0.717, 1.165) is 42.4 Å². The second-order valence-electron chi connectivity index (χ2n) is 6.42. The molecule has 24 heavy (non-hydrogen) atoms. The summed E-state index contributed by atoms with van der Waals surface area (Å²) in [4.78, 5) is 12.2. The fourth-order valence-electron chi connectivity index (χ4n) is 3.26. The van der Waals surface area contributed by atoms with Gasteiger partial charge >= 0.3 is 5.97 Å². The first-order valence-electron chi connectivity index (χ1n) is 8.31. The molecule has 0 saturated carbocycles. The van der Waals surface area contributed by atoms with E-state index in [1.165, 1.54) is 0 Å². The number of carbonyl (C=O) groups is 1. The number of ether oxygens (including phenoxy) is 1. The Morgan fingerprint density at radius 3 is 2.83 bits per heavy atom. The quantitative estimate of drug-likeness (QED) is 0.808. The first-order valence-corrected chi connectivity index (χ1v) is 8.31. The average molecular weight is 352 g/mol. The fourth-order valence-corrected chi connectivity index (χ4v) is 3.26. The van der Waals surface area contributed by atoms with Gasteiger partial charge in [-0.25, -0.2) is 0 Å². The van der Waals surface area contributed by atoms with Crippen molar-refractivity contribution in [2.45, 2.75) is 25.3 Å². The number of piperidine rings is 1. The van der Waals surface area contributed by atoms with Crippen molar-refractivity contribution >= 4 is 29.3 Å². The van der Waals surface area contributed by atoms with Gasteiger partial charge in [-0.15, -0.1) is 12.4 Å². The molecule has 2 aromatic rings. The molecule has 1 aliphatic rings.